The molecule has 1 unspecified atom stereocenters. The summed E-state index contributed by atoms with van der Waals surface area (Å²) in [6, 6.07) is 10.1. The van der Waals surface area contributed by atoms with Crippen LogP contribution in [0.5, 0.6) is 0 Å². The van der Waals surface area contributed by atoms with Gasteiger partial charge in [0.1, 0.15) is 0 Å². The van der Waals surface area contributed by atoms with E-state index in [9.17, 15) is 14.7 Å². The molecule has 1 aromatic carbocycles. The normalized spacial score (nSPS) is 18.9. The Kier molecular flexibility index (Phi) is 5.90. The van der Waals surface area contributed by atoms with Gasteiger partial charge in [-0.2, -0.15) is 0 Å². The number of quaternary nitrogens is 1. The van der Waals surface area contributed by atoms with Gasteiger partial charge in [0.15, 0.2) is 0 Å². The Morgan fingerprint density at radius 1 is 1.11 bits per heavy atom. The molecular weight excluding hydrogens is 354 g/mol. The van der Waals surface area contributed by atoms with E-state index in [1.807, 2.05) is 45.3 Å². The lowest BCUT2D eigenvalue weighted by Crippen LogP contribution is -3.05. The molecule has 0 saturated carbocycles. The number of benzene rings is 1. The fourth-order valence-electron chi connectivity index (χ4n) is 3.46. The molecule has 0 aliphatic carbocycles. The van der Waals surface area contributed by atoms with Crippen LogP contribution in [-0.2, 0) is 9.59 Å². The Hall–Kier alpha value is -2.99. The fourth-order valence-corrected chi connectivity index (χ4v) is 3.46. The fraction of sp³-hybridized carbons (Fsp3) is 0.318. The first-order valence-corrected chi connectivity index (χ1v) is 9.42. The maximum atomic E-state index is 13.1. The number of ketones is 1. The summed E-state index contributed by atoms with van der Waals surface area (Å²) < 4.78 is 0. The van der Waals surface area contributed by atoms with E-state index < -0.39 is 23.5 Å². The van der Waals surface area contributed by atoms with Crippen LogP contribution in [0.1, 0.15) is 29.2 Å². The van der Waals surface area contributed by atoms with Gasteiger partial charge in [0.2, 0.25) is 5.78 Å². The lowest BCUT2D eigenvalue weighted by atomic mass is 9.95. The van der Waals surface area contributed by atoms with E-state index in [1.165, 1.54) is 17.3 Å². The van der Waals surface area contributed by atoms with E-state index in [0.717, 1.165) is 24.1 Å². The van der Waals surface area contributed by atoms with Crippen LogP contribution >= 0.6 is 0 Å². The predicted molar refractivity (Wildman–Crippen MR) is 104 cm³/mol. The number of hydrogen-bond donors (Lipinski definition) is 1. The molecule has 2 heterocycles. The number of hydrogen-bond acceptors (Lipinski definition) is 4. The van der Waals surface area contributed by atoms with Gasteiger partial charge in [-0.3, -0.25) is 14.6 Å². The number of Topliss-reactive ketones (excluding diaryl/α,β-unsaturated/α-hetero) is 1. The van der Waals surface area contributed by atoms with Crippen molar-refractivity contribution in [3.05, 3.63) is 71.1 Å². The third-order valence-corrected chi connectivity index (χ3v) is 4.94. The zero-order valence-electron chi connectivity index (χ0n) is 16.4. The van der Waals surface area contributed by atoms with Gasteiger partial charge >= 0.3 is 0 Å². The minimum Gasteiger partial charge on any atom is -0.872 e. The summed E-state index contributed by atoms with van der Waals surface area (Å²) in [6.07, 6.45) is 3.77. The highest BCUT2D eigenvalue weighted by Crippen LogP contribution is 2.38. The van der Waals surface area contributed by atoms with E-state index in [1.54, 1.807) is 17.0 Å². The van der Waals surface area contributed by atoms with E-state index in [0.29, 0.717) is 12.1 Å². The molecule has 146 valence electrons. The third kappa shape index (κ3) is 3.97. The molecule has 6 heteroatoms. The molecule has 0 radical (unpaired) electrons. The molecule has 1 N–H and O–H groups in total. The number of pyridine rings is 1. The van der Waals surface area contributed by atoms with Crippen LogP contribution in [-0.4, -0.2) is 48.8 Å². The number of rotatable bonds is 6. The van der Waals surface area contributed by atoms with Crippen molar-refractivity contribution in [2.24, 2.45) is 0 Å². The number of aromatic nitrogens is 1. The molecule has 0 spiro atoms. The highest BCUT2D eigenvalue weighted by molar-refractivity contribution is 6.46. The SMILES string of the molecule is Cc1ccc(C2C(=C([O-])c3ccncc3)C(=O)C(=O)N2CCC[NH+](C)C)cc1. The van der Waals surface area contributed by atoms with Crippen LogP contribution in [0.2, 0.25) is 0 Å². The summed E-state index contributed by atoms with van der Waals surface area (Å²) in [4.78, 5) is 32.3. The van der Waals surface area contributed by atoms with Gasteiger partial charge in [-0.05, 0) is 30.2 Å². The molecule has 2 aromatic rings. The zero-order valence-corrected chi connectivity index (χ0v) is 16.4. The lowest BCUT2D eigenvalue weighted by Gasteiger charge is -2.27. The summed E-state index contributed by atoms with van der Waals surface area (Å²) in [7, 11) is 4.08. The molecule has 3 rings (SSSR count). The smallest absolute Gasteiger partial charge is 0.295 e. The van der Waals surface area contributed by atoms with Gasteiger partial charge in [-0.15, -0.1) is 0 Å². The van der Waals surface area contributed by atoms with Crippen molar-refractivity contribution in [3.8, 4) is 0 Å². The minimum atomic E-state index is -0.704. The molecule has 1 aliphatic heterocycles. The number of likely N-dealkylation sites (tertiary alicyclic amines) is 1. The molecule has 0 bridgehead atoms. The molecule has 1 fully saturated rings. The van der Waals surface area contributed by atoms with Crippen LogP contribution < -0.4 is 10.0 Å². The van der Waals surface area contributed by atoms with Crippen molar-refractivity contribution in [3.63, 3.8) is 0 Å². The second-order valence-electron chi connectivity index (χ2n) is 7.43. The molecule has 1 aliphatic rings. The first kappa shape index (κ1) is 19.8. The second-order valence-corrected chi connectivity index (χ2v) is 7.43. The number of nitrogens with one attached hydrogen (secondary N) is 1. The van der Waals surface area contributed by atoms with Crippen molar-refractivity contribution in [2.45, 2.75) is 19.4 Å². The van der Waals surface area contributed by atoms with Crippen molar-refractivity contribution >= 4 is 17.4 Å². The van der Waals surface area contributed by atoms with Gasteiger partial charge in [-0.25, -0.2) is 0 Å². The maximum Gasteiger partial charge on any atom is 0.295 e. The van der Waals surface area contributed by atoms with Gasteiger partial charge in [0.25, 0.3) is 5.91 Å². The summed E-state index contributed by atoms with van der Waals surface area (Å²) in [5, 5.41) is 13.1. The van der Waals surface area contributed by atoms with Crippen molar-refractivity contribution < 1.29 is 19.6 Å². The average molecular weight is 379 g/mol. The standard InChI is InChI=1S/C22H25N3O3/c1-15-5-7-16(8-6-15)19-18(20(26)17-9-11-23-12-10-17)21(27)22(28)25(19)14-4-13-24(2)3/h5-12,19,26H,4,13-14H2,1-3H3. The van der Waals surface area contributed by atoms with Crippen molar-refractivity contribution in [1.29, 1.82) is 0 Å². The zero-order chi connectivity index (χ0) is 20.3. The Morgan fingerprint density at radius 3 is 2.36 bits per heavy atom. The minimum absolute atomic E-state index is 0.0252. The second kappa shape index (κ2) is 8.35. The Balaban J connectivity index is 2.07. The maximum absolute atomic E-state index is 13.1. The summed E-state index contributed by atoms with van der Waals surface area (Å²) >= 11 is 0. The highest BCUT2D eigenvalue weighted by Gasteiger charge is 2.43. The molecule has 1 aromatic heterocycles. The summed E-state index contributed by atoms with van der Waals surface area (Å²) in [5.74, 6) is -1.71. The molecule has 28 heavy (non-hydrogen) atoms. The first-order valence-electron chi connectivity index (χ1n) is 9.42. The number of carbonyl (C=O) groups is 2. The Labute approximate surface area is 165 Å². The van der Waals surface area contributed by atoms with E-state index >= 15 is 0 Å². The van der Waals surface area contributed by atoms with E-state index in [4.69, 9.17) is 0 Å². The van der Waals surface area contributed by atoms with Crippen LogP contribution in [0.3, 0.4) is 0 Å². The highest BCUT2D eigenvalue weighted by atomic mass is 16.3. The average Bonchev–Trinajstić information content (AvgIpc) is 2.93. The molecular formula is C22H25N3O3. The first-order chi connectivity index (χ1) is 13.4. The van der Waals surface area contributed by atoms with Gasteiger partial charge < -0.3 is 14.9 Å². The quantitative estimate of drug-likeness (QED) is 0.440. The van der Waals surface area contributed by atoms with Crippen LogP contribution in [0.25, 0.3) is 5.76 Å². The number of amides is 1. The Morgan fingerprint density at radius 2 is 1.75 bits per heavy atom. The van der Waals surface area contributed by atoms with Gasteiger partial charge in [0, 0.05) is 30.9 Å². The molecule has 1 saturated heterocycles. The molecule has 1 amide bonds. The number of carbonyl (C=O) groups excluding carboxylic acids is 2. The van der Waals surface area contributed by atoms with Crippen LogP contribution in [0.15, 0.2) is 54.4 Å². The van der Waals surface area contributed by atoms with Gasteiger partial charge in [-0.1, -0.05) is 35.6 Å². The van der Waals surface area contributed by atoms with Crippen molar-refractivity contribution in [1.82, 2.24) is 9.88 Å². The Bertz CT molecular complexity index is 889. The topological polar surface area (TPSA) is 77.8 Å². The molecule has 6 nitrogen and oxygen atoms in total. The number of aryl methyl sites for hydroxylation is 1. The summed E-state index contributed by atoms with van der Waals surface area (Å²) in [6.45, 7) is 3.27. The van der Waals surface area contributed by atoms with Crippen LogP contribution in [0, 0.1) is 6.92 Å². The van der Waals surface area contributed by atoms with Crippen molar-refractivity contribution in [2.75, 3.05) is 27.2 Å². The predicted octanol–water partition coefficient (Wildman–Crippen LogP) is 0.149. The van der Waals surface area contributed by atoms with E-state index in [2.05, 4.69) is 4.98 Å². The molecule has 1 atom stereocenters. The van der Waals surface area contributed by atoms with Gasteiger partial charge in [0.05, 0.1) is 26.7 Å². The lowest BCUT2D eigenvalue weighted by molar-refractivity contribution is -0.858. The third-order valence-electron chi connectivity index (χ3n) is 4.94. The monoisotopic (exact) mass is 379 g/mol. The van der Waals surface area contributed by atoms with E-state index in [-0.39, 0.29) is 5.57 Å². The summed E-state index contributed by atoms with van der Waals surface area (Å²) in [5.41, 5.74) is 2.24. The number of nitrogens with zero attached hydrogens (tertiary/aromatic N) is 2. The largest absolute Gasteiger partial charge is 0.872 e. The van der Waals surface area contributed by atoms with Crippen LogP contribution in [0.4, 0.5) is 0 Å².